The number of hydrogen-bond donors (Lipinski definition) is 4. The first-order valence-electron chi connectivity index (χ1n) is 11.5. The van der Waals surface area contributed by atoms with Gasteiger partial charge in [-0.25, -0.2) is 0 Å². The molecule has 0 spiro atoms. The maximum atomic E-state index is 6.76. The number of benzene rings is 4. The fourth-order valence-corrected chi connectivity index (χ4v) is 11.9. The number of anilines is 4. The summed E-state index contributed by atoms with van der Waals surface area (Å²) in [6.45, 7) is 0. The molecule has 0 radical (unpaired) electrons. The van der Waals surface area contributed by atoms with Crippen LogP contribution in [0.2, 0.25) is 0 Å². The minimum absolute atomic E-state index is 0.263. The van der Waals surface area contributed by atoms with Crippen molar-refractivity contribution in [3.8, 4) is 23.0 Å². The van der Waals surface area contributed by atoms with Crippen molar-refractivity contribution in [2.24, 2.45) is 4.52 Å². The van der Waals surface area contributed by atoms with E-state index in [0.717, 1.165) is 0 Å². The molecule has 0 aromatic heterocycles. The van der Waals surface area contributed by atoms with Crippen molar-refractivity contribution in [1.29, 1.82) is 0 Å². The van der Waals surface area contributed by atoms with Gasteiger partial charge in [0, 0.05) is 4.60 Å². The van der Waals surface area contributed by atoms with Crippen LogP contribution in [0.1, 0.15) is 0 Å². The van der Waals surface area contributed by atoms with E-state index in [1.165, 1.54) is 8.56 Å². The highest BCUT2D eigenvalue weighted by atomic mass is 35.7. The Bertz CT molecular complexity index is 1520. The lowest BCUT2D eigenvalue weighted by Gasteiger charge is -2.42. The molecule has 0 fully saturated rings. The predicted molar refractivity (Wildman–Crippen MR) is 165 cm³/mol. The standard InChI is InChI=1S/C24H24Cl2N7O4P3/c25-32-38(26)31-40(36-23-15-7-3-11-19(23)29,37-24-16-8-4-12-20(24)30)33(34-21-13-5-1-9-17(21)27)39(32)35-22-14-6-2-10-18(22)28/h1-16H,27-30H2. The Morgan fingerprint density at radius 1 is 0.625 bits per heavy atom. The second kappa shape index (κ2) is 12.2. The van der Waals surface area contributed by atoms with E-state index in [1.54, 1.807) is 97.1 Å². The molecular formula is C24H24Cl2N7O4P3. The monoisotopic (exact) mass is 637 g/mol. The van der Waals surface area contributed by atoms with Crippen LogP contribution >= 0.6 is 46.7 Å². The van der Waals surface area contributed by atoms with Gasteiger partial charge in [0.1, 0.15) is 5.75 Å². The quantitative estimate of drug-likeness (QED) is 0.0847. The Hall–Kier alpha value is -3.13. The zero-order valence-corrected chi connectivity index (χ0v) is 24.8. The smallest absolute Gasteiger partial charge is 0.439 e. The molecule has 4 aromatic carbocycles. The average Bonchev–Trinajstić information content (AvgIpc) is 2.94. The highest BCUT2D eigenvalue weighted by molar-refractivity contribution is 7.93. The third-order valence-electron chi connectivity index (χ3n) is 5.30. The molecule has 1 aliphatic rings. The van der Waals surface area contributed by atoms with Crippen LogP contribution < -0.4 is 41.3 Å². The van der Waals surface area contributed by atoms with Gasteiger partial charge in [0.25, 0.3) is 0 Å². The summed E-state index contributed by atoms with van der Waals surface area (Å²) in [6.07, 6.45) is 0. The summed E-state index contributed by atoms with van der Waals surface area (Å²) in [7, 11) is -7.98. The molecule has 4 aromatic rings. The van der Waals surface area contributed by atoms with E-state index in [1.807, 2.05) is 0 Å². The zero-order chi connectivity index (χ0) is 28.3. The molecule has 2 unspecified atom stereocenters. The van der Waals surface area contributed by atoms with Crippen LogP contribution in [-0.2, 0) is 0 Å². The summed E-state index contributed by atoms with van der Waals surface area (Å²) >= 11 is 13.5. The molecule has 0 saturated heterocycles. The van der Waals surface area contributed by atoms with E-state index in [4.69, 9.17) is 68.9 Å². The average molecular weight is 638 g/mol. The number of nitrogen functional groups attached to an aromatic ring is 4. The van der Waals surface area contributed by atoms with Crippen LogP contribution in [0.15, 0.2) is 102 Å². The van der Waals surface area contributed by atoms with Gasteiger partial charge in [-0.05, 0) is 71.5 Å². The highest BCUT2D eigenvalue weighted by Gasteiger charge is 2.55. The lowest BCUT2D eigenvalue weighted by molar-refractivity contribution is 0.101. The van der Waals surface area contributed by atoms with Crippen molar-refractivity contribution in [2.75, 3.05) is 22.9 Å². The summed E-state index contributed by atoms with van der Waals surface area (Å²) in [4.78, 5) is 6.39. The van der Waals surface area contributed by atoms with Gasteiger partial charge in [-0.15, -0.1) is 0 Å². The summed E-state index contributed by atoms with van der Waals surface area (Å²) < 4.78 is 26.7. The molecule has 0 saturated carbocycles. The van der Waals surface area contributed by atoms with Crippen LogP contribution in [0, 0.1) is 0 Å². The molecule has 0 amide bonds. The molecule has 2 atom stereocenters. The number of halogens is 2. The minimum Gasteiger partial charge on any atom is -0.439 e. The second-order valence-corrected chi connectivity index (χ2v) is 15.2. The number of nitrogens with zero attached hydrogens (tertiary/aromatic N) is 3. The SMILES string of the molecule is Nc1ccccc1ON1P(Oc2ccccc2N)N(Cl)P(Cl)N=P1(Oc1ccccc1N)Oc1ccccc1N. The molecule has 5 rings (SSSR count). The van der Waals surface area contributed by atoms with E-state index in [2.05, 4.69) is 0 Å². The van der Waals surface area contributed by atoms with E-state index in [-0.39, 0.29) is 17.2 Å². The number of hydrogen-bond acceptors (Lipinski definition) is 11. The fourth-order valence-electron chi connectivity index (χ4n) is 3.35. The lowest BCUT2D eigenvalue weighted by Crippen LogP contribution is -2.32. The van der Waals surface area contributed by atoms with E-state index < -0.39 is 23.7 Å². The number of nitrogens with two attached hydrogens (primary N) is 4. The van der Waals surface area contributed by atoms with Crippen LogP contribution in [0.3, 0.4) is 0 Å². The molecule has 1 aliphatic heterocycles. The molecule has 208 valence electrons. The number of para-hydroxylation sites is 8. The first-order chi connectivity index (χ1) is 19.3. The summed E-state index contributed by atoms with van der Waals surface area (Å²) in [6, 6.07) is 27.5. The predicted octanol–water partition coefficient (Wildman–Crippen LogP) is 7.96. The normalized spacial score (nSPS) is 18.9. The lowest BCUT2D eigenvalue weighted by atomic mass is 10.3. The van der Waals surface area contributed by atoms with Crippen LogP contribution in [-0.4, -0.2) is 8.56 Å². The van der Waals surface area contributed by atoms with Crippen molar-refractivity contribution >= 4 is 69.5 Å². The van der Waals surface area contributed by atoms with Gasteiger partial charge < -0.3 is 41.3 Å². The first-order valence-corrected chi connectivity index (χ1v) is 16.7. The van der Waals surface area contributed by atoms with E-state index >= 15 is 0 Å². The van der Waals surface area contributed by atoms with Gasteiger partial charge in [0.15, 0.2) is 17.2 Å². The Kier molecular flexibility index (Phi) is 8.64. The molecule has 11 nitrogen and oxygen atoms in total. The van der Waals surface area contributed by atoms with Gasteiger partial charge in [-0.3, -0.25) is 0 Å². The third kappa shape index (κ3) is 5.97. The largest absolute Gasteiger partial charge is 0.445 e. The van der Waals surface area contributed by atoms with Gasteiger partial charge in [-0.2, -0.15) is 4.52 Å². The topological polar surface area (TPSA) is 160 Å². The van der Waals surface area contributed by atoms with E-state index in [9.17, 15) is 0 Å². The van der Waals surface area contributed by atoms with E-state index in [0.29, 0.717) is 28.5 Å². The maximum Gasteiger partial charge on any atom is 0.445 e. The second-order valence-electron chi connectivity index (χ2n) is 8.08. The first kappa shape index (κ1) is 28.4. The van der Waals surface area contributed by atoms with Crippen molar-refractivity contribution in [2.45, 2.75) is 0 Å². The van der Waals surface area contributed by atoms with Crippen LogP contribution in [0.5, 0.6) is 23.0 Å². The molecule has 1 heterocycles. The minimum atomic E-state index is -3.83. The van der Waals surface area contributed by atoms with Crippen molar-refractivity contribution < 1.29 is 18.4 Å². The van der Waals surface area contributed by atoms with Crippen molar-refractivity contribution in [1.82, 2.24) is 8.56 Å². The van der Waals surface area contributed by atoms with Crippen molar-refractivity contribution in [3.63, 3.8) is 0 Å². The molecule has 0 aliphatic carbocycles. The van der Waals surface area contributed by atoms with Crippen molar-refractivity contribution in [3.05, 3.63) is 97.1 Å². The molecule has 0 bridgehead atoms. The Morgan fingerprint density at radius 3 is 1.48 bits per heavy atom. The molecule has 16 heteroatoms. The molecule has 40 heavy (non-hydrogen) atoms. The van der Waals surface area contributed by atoms with Gasteiger partial charge in [0.2, 0.25) is 7.58 Å². The molecular weight excluding hydrogens is 614 g/mol. The Balaban J connectivity index is 1.72. The van der Waals surface area contributed by atoms with Crippen LogP contribution in [0.4, 0.5) is 22.7 Å². The third-order valence-corrected chi connectivity index (χ3v) is 14.0. The number of rotatable bonds is 8. The fraction of sp³-hybridized carbons (Fsp3) is 0. The Labute approximate surface area is 243 Å². The Morgan fingerprint density at radius 2 is 1.02 bits per heavy atom. The zero-order valence-electron chi connectivity index (χ0n) is 20.6. The van der Waals surface area contributed by atoms with Gasteiger partial charge >= 0.3 is 16.1 Å². The van der Waals surface area contributed by atoms with Crippen LogP contribution in [0.25, 0.3) is 0 Å². The summed E-state index contributed by atoms with van der Waals surface area (Å²) in [5.74, 6) is 1.12. The highest BCUT2D eigenvalue weighted by Crippen LogP contribution is 2.80. The maximum absolute atomic E-state index is 6.76. The van der Waals surface area contributed by atoms with Gasteiger partial charge in [0.05, 0.1) is 22.7 Å². The summed E-state index contributed by atoms with van der Waals surface area (Å²) in [5.41, 5.74) is 26.3. The van der Waals surface area contributed by atoms with Gasteiger partial charge in [-0.1, -0.05) is 52.5 Å². The summed E-state index contributed by atoms with van der Waals surface area (Å²) in [5, 5.41) is 0. The molecule has 8 N–H and O–H groups in total.